The fourth-order valence-corrected chi connectivity index (χ4v) is 11.0. The Kier molecular flexibility index (Phi) is 16.2. The van der Waals surface area contributed by atoms with Gasteiger partial charge in [-0.3, -0.25) is 49.2 Å². The molecule has 3 aromatic carbocycles. The van der Waals surface area contributed by atoms with Crippen molar-refractivity contribution in [2.75, 3.05) is 107 Å². The van der Waals surface area contributed by atoms with E-state index >= 15 is 0 Å². The number of benzene rings is 3. The summed E-state index contributed by atoms with van der Waals surface area (Å²) in [6.07, 6.45) is 6.43. The Morgan fingerprint density at radius 2 is 1.11 bits per heavy atom. The number of likely N-dealkylation sites (N-methyl/N-ethyl adjacent to an activating group) is 1. The lowest BCUT2D eigenvalue weighted by Crippen LogP contribution is -2.61. The van der Waals surface area contributed by atoms with Gasteiger partial charge in [0.1, 0.15) is 5.54 Å². The van der Waals surface area contributed by atoms with Gasteiger partial charge in [0, 0.05) is 139 Å². The number of carbonyl (C=O) groups excluding carboxylic acids is 5. The van der Waals surface area contributed by atoms with Crippen LogP contribution in [0.2, 0.25) is 15.1 Å². The monoisotopic (exact) mass is 1080 g/mol. The molecule has 10 rings (SSSR count). The van der Waals surface area contributed by atoms with Gasteiger partial charge in [0.05, 0.1) is 55.3 Å². The maximum Gasteiger partial charge on any atom is 0.325 e. The lowest BCUT2D eigenvalue weighted by atomic mass is 9.87. The lowest BCUT2D eigenvalue weighted by Gasteiger charge is -2.47. The summed E-state index contributed by atoms with van der Waals surface area (Å²) < 4.78 is 4.80. The van der Waals surface area contributed by atoms with Gasteiger partial charge in [-0.05, 0) is 76.9 Å². The highest BCUT2D eigenvalue weighted by Gasteiger charge is 2.52. The van der Waals surface area contributed by atoms with E-state index in [-0.39, 0.29) is 47.9 Å². The average molecular weight is 1080 g/mol. The first-order chi connectivity index (χ1) is 35.2. The van der Waals surface area contributed by atoms with Crippen LogP contribution in [-0.2, 0) is 23.9 Å². The molecule has 74 heavy (non-hydrogen) atoms. The van der Waals surface area contributed by atoms with E-state index in [4.69, 9.17) is 39.5 Å². The van der Waals surface area contributed by atoms with Crippen molar-refractivity contribution in [2.45, 2.75) is 64.1 Å². The molecule has 6 aromatic rings. The predicted octanol–water partition coefficient (Wildman–Crippen LogP) is 5.40. The van der Waals surface area contributed by atoms with Gasteiger partial charge in [-0.25, -0.2) is 4.79 Å². The number of piperidine rings is 1. The maximum atomic E-state index is 12.9. The van der Waals surface area contributed by atoms with Gasteiger partial charge >= 0.3 is 12.0 Å². The van der Waals surface area contributed by atoms with Crippen LogP contribution in [0.15, 0.2) is 55.0 Å². The number of urea groups is 1. The number of halogens is 3. The number of esters is 1. The van der Waals surface area contributed by atoms with Gasteiger partial charge in [0.25, 0.3) is 5.91 Å². The number of H-pyrrole nitrogens is 3. The molecular weight excluding hydrogens is 1010 g/mol. The van der Waals surface area contributed by atoms with E-state index in [0.29, 0.717) is 54.1 Å². The number of carbonyl (C=O) groups is 5. The van der Waals surface area contributed by atoms with E-state index in [1.165, 1.54) is 18.9 Å². The van der Waals surface area contributed by atoms with Crippen molar-refractivity contribution < 1.29 is 28.7 Å². The Morgan fingerprint density at radius 3 is 1.53 bits per heavy atom. The zero-order valence-electron chi connectivity index (χ0n) is 42.7. The molecule has 0 radical (unpaired) electrons. The van der Waals surface area contributed by atoms with Gasteiger partial charge in [0.2, 0.25) is 11.8 Å². The Bertz CT molecular complexity index is 2910. The summed E-state index contributed by atoms with van der Waals surface area (Å²) in [4.78, 5) is 71.9. The molecule has 4 fully saturated rings. The minimum atomic E-state index is -0.877. The smallest absolute Gasteiger partial charge is 0.325 e. The number of aromatic nitrogens is 6. The van der Waals surface area contributed by atoms with Gasteiger partial charge < -0.3 is 35.4 Å². The van der Waals surface area contributed by atoms with Crippen LogP contribution in [-0.4, -0.2) is 184 Å². The van der Waals surface area contributed by atoms with E-state index in [1.807, 2.05) is 48.8 Å². The van der Waals surface area contributed by atoms with E-state index in [1.54, 1.807) is 13.2 Å². The molecule has 0 saturated carbocycles. The van der Waals surface area contributed by atoms with E-state index in [2.05, 4.69) is 98.7 Å². The Morgan fingerprint density at radius 1 is 0.662 bits per heavy atom. The number of nitrogens with zero attached hydrogens (tertiary/aromatic N) is 9. The molecule has 6 N–H and O–H groups in total. The minimum Gasteiger partial charge on any atom is -0.468 e. The quantitative estimate of drug-likeness (QED) is 0.0746. The second-order valence-electron chi connectivity index (χ2n) is 20.3. The van der Waals surface area contributed by atoms with Gasteiger partial charge in [-0.2, -0.15) is 15.3 Å². The number of nitrogens with one attached hydrogen (secondary N) is 6. The molecule has 7 heterocycles. The number of ether oxygens (including phenoxy) is 1. The Labute approximate surface area is 443 Å². The van der Waals surface area contributed by atoms with Crippen LogP contribution in [0.25, 0.3) is 32.7 Å². The fourth-order valence-electron chi connectivity index (χ4n) is 10.3. The molecule has 0 atom stereocenters. The Balaban J connectivity index is 0.000000149. The zero-order chi connectivity index (χ0) is 53.1. The van der Waals surface area contributed by atoms with E-state index in [9.17, 15) is 24.0 Å². The van der Waals surface area contributed by atoms with Crippen molar-refractivity contribution in [3.05, 3.63) is 70.1 Å². The van der Waals surface area contributed by atoms with Crippen molar-refractivity contribution in [2.24, 2.45) is 0 Å². The molecule has 0 unspecified atom stereocenters. The van der Waals surface area contributed by atoms with E-state index < -0.39 is 11.6 Å². The number of piperazine rings is 2. The number of rotatable bonds is 10. The van der Waals surface area contributed by atoms with Crippen LogP contribution in [0.3, 0.4) is 0 Å². The summed E-state index contributed by atoms with van der Waals surface area (Å²) in [5, 5.41) is 34.5. The van der Waals surface area contributed by atoms with Crippen molar-refractivity contribution in [3.8, 4) is 0 Å². The van der Waals surface area contributed by atoms with E-state index in [0.717, 1.165) is 89.0 Å². The maximum absolute atomic E-state index is 12.9. The first-order valence-electron chi connectivity index (χ1n) is 24.5. The molecule has 0 bridgehead atoms. The number of anilines is 3. The van der Waals surface area contributed by atoms with Crippen LogP contribution in [0.4, 0.5) is 21.9 Å². The van der Waals surface area contributed by atoms with Crippen LogP contribution in [0, 0.1) is 0 Å². The second-order valence-corrected chi connectivity index (χ2v) is 21.6. The number of hydrogen-bond donors (Lipinski definition) is 6. The van der Waals surface area contributed by atoms with Crippen LogP contribution in [0.5, 0.6) is 0 Å². The first kappa shape index (κ1) is 53.9. The summed E-state index contributed by atoms with van der Waals surface area (Å²) in [5.74, 6) is -0.567. The topological polar surface area (TPSA) is 236 Å². The molecule has 5 amide bonds. The van der Waals surface area contributed by atoms with Gasteiger partial charge in [-0.15, -0.1) is 0 Å². The minimum absolute atomic E-state index is 0.0477. The number of aromatic amines is 3. The summed E-state index contributed by atoms with van der Waals surface area (Å²) in [5.41, 5.74) is 4.73. The summed E-state index contributed by atoms with van der Waals surface area (Å²) in [6, 6.07) is 11.1. The molecular formula is C50H64Cl3N15O6. The number of amides is 5. The van der Waals surface area contributed by atoms with Crippen molar-refractivity contribution >= 4 is 114 Å². The average Bonchev–Trinajstić information content (AvgIpc) is 4.18. The summed E-state index contributed by atoms with van der Waals surface area (Å²) in [7, 11) is 3.10. The predicted molar refractivity (Wildman–Crippen MR) is 288 cm³/mol. The molecule has 24 heteroatoms. The molecule has 1 spiro atoms. The number of hydrogen-bond acceptors (Lipinski definition) is 14. The third-order valence-electron chi connectivity index (χ3n) is 14.4. The molecule has 4 saturated heterocycles. The van der Waals surface area contributed by atoms with Crippen molar-refractivity contribution in [1.82, 2.24) is 61.2 Å². The largest absolute Gasteiger partial charge is 0.468 e. The first-order valence-corrected chi connectivity index (χ1v) is 25.6. The third kappa shape index (κ3) is 11.8. The van der Waals surface area contributed by atoms with Crippen molar-refractivity contribution in [3.63, 3.8) is 0 Å². The summed E-state index contributed by atoms with van der Waals surface area (Å²) >= 11 is 18.7. The molecule has 4 aliphatic heterocycles. The van der Waals surface area contributed by atoms with Crippen molar-refractivity contribution in [1.29, 1.82) is 0 Å². The standard InChI is InChI=1S/C18H21ClN6O3.C16H22ClN5O.C16H21ClN4O2/c1-11(26)20-4-7-25-16(27)18(22-17(25)28)2-5-24(6-3-18)15-9-12(19)8-14-13(15)10-21-23-14;1-16(2)10-21(4-5-22(16)9-15(23)18-3)14-7-11(17)6-13-12(14)8-19-20-13;1-16(2)10-20(4-5-21(16)9-15(22)23-3)14-7-11(17)6-13-12(14)8-18-19-13/h8-10H,2-7H2,1H3,(H,20,26)(H,21,23)(H,22,28);6-8H,4-5,9-10H2,1-3H3,(H,18,23)(H,19,20);6-8H,4-5,9-10H2,1-3H3,(H,18,19). The molecule has 3 aromatic heterocycles. The van der Waals surface area contributed by atoms with Crippen LogP contribution in [0.1, 0.15) is 47.5 Å². The fraction of sp³-hybridized carbons (Fsp3) is 0.480. The summed E-state index contributed by atoms with van der Waals surface area (Å²) in [6.45, 7) is 17.3. The molecule has 396 valence electrons. The molecule has 0 aliphatic carbocycles. The highest BCUT2D eigenvalue weighted by Crippen LogP contribution is 2.37. The molecule has 4 aliphatic rings. The van der Waals surface area contributed by atoms with Gasteiger partial charge in [0.15, 0.2) is 0 Å². The number of imide groups is 1. The SMILES string of the molecule is CC(=O)NCCN1C(=O)NC2(CCN(c3cc(Cl)cc4[nH]ncc34)CC2)C1=O.CNC(=O)CN1CCN(c2cc(Cl)cc3[nH]ncc23)CC1(C)C.COC(=O)CN1CCN(c2cc(Cl)cc3[nH]ncc23)CC1(C)C. The highest BCUT2D eigenvalue weighted by atomic mass is 35.5. The van der Waals surface area contributed by atoms with Crippen LogP contribution < -0.4 is 30.7 Å². The molecule has 21 nitrogen and oxygen atoms in total. The third-order valence-corrected chi connectivity index (χ3v) is 15.1. The normalized spacial score (nSPS) is 18.5. The number of fused-ring (bicyclic) bond motifs is 3. The lowest BCUT2D eigenvalue weighted by molar-refractivity contribution is -0.143. The second kappa shape index (κ2) is 22.2. The highest BCUT2D eigenvalue weighted by molar-refractivity contribution is 6.32. The number of methoxy groups -OCH3 is 1. The van der Waals surface area contributed by atoms with Gasteiger partial charge in [-0.1, -0.05) is 34.8 Å². The van der Waals surface area contributed by atoms with Crippen LogP contribution >= 0.6 is 34.8 Å². The zero-order valence-corrected chi connectivity index (χ0v) is 45.0. The Hall–Kier alpha value is -6.39.